The molecule has 4 heteroatoms. The number of allylic oxidation sites excluding steroid dienone is 4. The Morgan fingerprint density at radius 3 is 1.69 bits per heavy atom. The molecule has 0 unspecified atom stereocenters. The number of rotatable bonds is 2. The van der Waals surface area contributed by atoms with E-state index in [1.807, 2.05) is 36.7 Å². The third-order valence-corrected chi connectivity index (χ3v) is 1.56. The molecule has 2 aliphatic heterocycles. The second kappa shape index (κ2) is 3.71. The van der Waals surface area contributed by atoms with E-state index in [9.17, 15) is 0 Å². The van der Waals surface area contributed by atoms with Crippen LogP contribution in [0.2, 0.25) is 0 Å². The van der Waals surface area contributed by atoms with Gasteiger partial charge in [0.15, 0.2) is 6.67 Å². The Morgan fingerprint density at radius 1 is 0.769 bits per heavy atom. The fourth-order valence-electron chi connectivity index (χ4n) is 0.977. The van der Waals surface area contributed by atoms with E-state index in [1.54, 1.807) is 22.7 Å². The van der Waals surface area contributed by atoms with E-state index in [4.69, 9.17) is 9.68 Å². The predicted molar refractivity (Wildman–Crippen MR) is 47.3 cm³/mol. The molecule has 13 heavy (non-hydrogen) atoms. The largest absolute Gasteiger partial charge is 0.386 e. The van der Waals surface area contributed by atoms with Gasteiger partial charge < -0.3 is 9.68 Å². The summed E-state index contributed by atoms with van der Waals surface area (Å²) in [5.41, 5.74) is 0. The molecule has 0 spiro atoms. The summed E-state index contributed by atoms with van der Waals surface area (Å²) in [5.74, 6) is 0. The molecule has 2 aliphatic rings. The van der Waals surface area contributed by atoms with Crippen LogP contribution in [0.15, 0.2) is 49.2 Å². The molecular formula is C9H10N2O2. The monoisotopic (exact) mass is 178 g/mol. The molecule has 0 bridgehead atoms. The van der Waals surface area contributed by atoms with Gasteiger partial charge in [0.25, 0.3) is 0 Å². The fourth-order valence-corrected chi connectivity index (χ4v) is 0.977. The molecule has 0 aromatic heterocycles. The Hall–Kier alpha value is -1.84. The van der Waals surface area contributed by atoms with Gasteiger partial charge in [-0.2, -0.15) is 10.1 Å². The number of hydrogen-bond acceptors (Lipinski definition) is 4. The maximum Gasteiger partial charge on any atom is 0.161 e. The molecule has 0 fully saturated rings. The summed E-state index contributed by atoms with van der Waals surface area (Å²) < 4.78 is 0. The maximum atomic E-state index is 5.17. The van der Waals surface area contributed by atoms with Gasteiger partial charge in [0.05, 0.1) is 0 Å². The minimum absolute atomic E-state index is 0.529. The number of nitrogens with zero attached hydrogens (tertiary/aromatic N) is 2. The summed E-state index contributed by atoms with van der Waals surface area (Å²) in [6, 6.07) is 0. The van der Waals surface area contributed by atoms with Crippen molar-refractivity contribution >= 4 is 0 Å². The molecule has 0 atom stereocenters. The predicted octanol–water partition coefficient (Wildman–Crippen LogP) is 1.49. The van der Waals surface area contributed by atoms with Crippen LogP contribution in [0.4, 0.5) is 0 Å². The van der Waals surface area contributed by atoms with E-state index in [1.165, 1.54) is 0 Å². The van der Waals surface area contributed by atoms with Crippen molar-refractivity contribution in [1.29, 1.82) is 0 Å². The smallest absolute Gasteiger partial charge is 0.161 e. The summed E-state index contributed by atoms with van der Waals surface area (Å²) in [4.78, 5) is 10.3. The third-order valence-electron chi connectivity index (χ3n) is 1.56. The fraction of sp³-hybridized carbons (Fsp3) is 0.111. The van der Waals surface area contributed by atoms with Gasteiger partial charge in [0, 0.05) is 12.4 Å². The molecule has 4 nitrogen and oxygen atoms in total. The summed E-state index contributed by atoms with van der Waals surface area (Å²) in [6.45, 7) is 0.529. The Labute approximate surface area is 76.5 Å². The molecule has 2 heterocycles. The molecule has 0 aromatic rings. The Morgan fingerprint density at radius 2 is 1.31 bits per heavy atom. The first-order valence-corrected chi connectivity index (χ1v) is 3.99. The molecule has 0 saturated heterocycles. The summed E-state index contributed by atoms with van der Waals surface area (Å²) in [7, 11) is 0. The van der Waals surface area contributed by atoms with Crippen molar-refractivity contribution in [2.75, 3.05) is 6.67 Å². The molecule has 68 valence electrons. The topological polar surface area (TPSA) is 24.9 Å². The van der Waals surface area contributed by atoms with Crippen LogP contribution >= 0.6 is 0 Å². The van der Waals surface area contributed by atoms with E-state index in [2.05, 4.69) is 0 Å². The van der Waals surface area contributed by atoms with Crippen LogP contribution in [0.5, 0.6) is 0 Å². The van der Waals surface area contributed by atoms with E-state index >= 15 is 0 Å². The molecule has 0 saturated carbocycles. The van der Waals surface area contributed by atoms with E-state index in [0.29, 0.717) is 6.67 Å². The van der Waals surface area contributed by atoms with Crippen LogP contribution in [0.25, 0.3) is 0 Å². The zero-order valence-electron chi connectivity index (χ0n) is 7.04. The van der Waals surface area contributed by atoms with Crippen molar-refractivity contribution in [3.8, 4) is 0 Å². The van der Waals surface area contributed by atoms with Gasteiger partial charge in [-0.3, -0.25) is 0 Å². The van der Waals surface area contributed by atoms with Gasteiger partial charge in [-0.05, 0) is 24.3 Å². The van der Waals surface area contributed by atoms with Gasteiger partial charge in [-0.1, -0.05) is 0 Å². The highest BCUT2D eigenvalue weighted by Gasteiger charge is 2.07. The lowest BCUT2D eigenvalue weighted by molar-refractivity contribution is -0.166. The summed E-state index contributed by atoms with van der Waals surface area (Å²) in [6.07, 6.45) is 14.3. The molecule has 0 aromatic carbocycles. The zero-order chi connectivity index (χ0) is 8.93. The van der Waals surface area contributed by atoms with Crippen LogP contribution in [0.1, 0.15) is 0 Å². The Kier molecular flexibility index (Phi) is 2.22. The van der Waals surface area contributed by atoms with Crippen molar-refractivity contribution in [1.82, 2.24) is 10.1 Å². The lowest BCUT2D eigenvalue weighted by Crippen LogP contribution is -2.30. The first kappa shape index (κ1) is 7.79. The molecule has 0 radical (unpaired) electrons. The molecule has 0 aliphatic carbocycles. The molecular weight excluding hydrogens is 168 g/mol. The second-order valence-corrected chi connectivity index (χ2v) is 2.53. The number of hydroxylamine groups is 4. The van der Waals surface area contributed by atoms with Gasteiger partial charge in [0.2, 0.25) is 0 Å². The van der Waals surface area contributed by atoms with E-state index in [0.717, 1.165) is 0 Å². The summed E-state index contributed by atoms with van der Waals surface area (Å²) >= 11 is 0. The van der Waals surface area contributed by atoms with Crippen molar-refractivity contribution < 1.29 is 9.68 Å². The van der Waals surface area contributed by atoms with Gasteiger partial charge in [-0.15, -0.1) is 0 Å². The highest BCUT2D eigenvalue weighted by Crippen LogP contribution is 2.06. The highest BCUT2D eigenvalue weighted by atomic mass is 16.7. The zero-order valence-corrected chi connectivity index (χ0v) is 7.04. The van der Waals surface area contributed by atoms with Gasteiger partial charge in [-0.25, -0.2) is 0 Å². The van der Waals surface area contributed by atoms with Crippen LogP contribution in [0.3, 0.4) is 0 Å². The average molecular weight is 178 g/mol. The van der Waals surface area contributed by atoms with Crippen molar-refractivity contribution in [3.05, 3.63) is 49.2 Å². The lowest BCUT2D eigenvalue weighted by atomic mass is 10.5. The van der Waals surface area contributed by atoms with Crippen molar-refractivity contribution in [2.24, 2.45) is 0 Å². The first-order valence-electron chi connectivity index (χ1n) is 3.99. The molecule has 0 amide bonds. The minimum Gasteiger partial charge on any atom is -0.386 e. The molecule has 2 rings (SSSR count). The Balaban J connectivity index is 1.84. The van der Waals surface area contributed by atoms with Gasteiger partial charge >= 0.3 is 0 Å². The van der Waals surface area contributed by atoms with Crippen LogP contribution in [-0.2, 0) is 9.68 Å². The lowest BCUT2D eigenvalue weighted by Gasteiger charge is -2.27. The van der Waals surface area contributed by atoms with Crippen LogP contribution < -0.4 is 0 Å². The first-order chi connectivity index (χ1) is 6.45. The van der Waals surface area contributed by atoms with Crippen LogP contribution in [0, 0.1) is 0 Å². The second-order valence-electron chi connectivity index (χ2n) is 2.53. The third kappa shape index (κ3) is 2.05. The number of hydrogen-bond donors (Lipinski definition) is 0. The highest BCUT2D eigenvalue weighted by molar-refractivity contribution is 5.03. The van der Waals surface area contributed by atoms with Crippen LogP contribution in [-0.4, -0.2) is 16.8 Å². The average Bonchev–Trinajstić information content (AvgIpc) is 2.21. The molecule has 0 N–H and O–H groups in total. The quantitative estimate of drug-likeness (QED) is 0.639. The standard InChI is InChI=1S/C9H10N2O2/c1-3-7-12-10(5-1)9-11-6-2-4-8-13-11/h1-8H,9H2. The summed E-state index contributed by atoms with van der Waals surface area (Å²) in [5, 5.41) is 3.31. The van der Waals surface area contributed by atoms with E-state index in [-0.39, 0.29) is 0 Å². The van der Waals surface area contributed by atoms with Crippen molar-refractivity contribution in [3.63, 3.8) is 0 Å². The normalized spacial score (nSPS) is 18.8. The minimum atomic E-state index is 0.529. The SMILES string of the molecule is C1=CON(CN2C=CC=CO2)C=C1. The van der Waals surface area contributed by atoms with E-state index < -0.39 is 0 Å². The van der Waals surface area contributed by atoms with Crippen molar-refractivity contribution in [2.45, 2.75) is 0 Å². The maximum absolute atomic E-state index is 5.17. The van der Waals surface area contributed by atoms with Gasteiger partial charge in [0.1, 0.15) is 12.5 Å². The Bertz CT molecular complexity index is 253.